The third-order valence-electron chi connectivity index (χ3n) is 17.6. The normalized spacial score (nSPS) is 20.3. The number of aromatic hydroxyl groups is 1. The number of urea groups is 1. The Balaban J connectivity index is 0.756. The van der Waals surface area contributed by atoms with Gasteiger partial charge in [0, 0.05) is 41.4 Å². The van der Waals surface area contributed by atoms with Gasteiger partial charge < -0.3 is 66.5 Å². The number of fused-ring (bicyclic) bond motifs is 7. The molecule has 1 fully saturated rings. The fraction of sp³-hybridized carbons (Fsp3) is 0.358. The summed E-state index contributed by atoms with van der Waals surface area (Å²) in [4.78, 5) is 94.7. The third kappa shape index (κ3) is 11.7. The number of ether oxygens (including phenoxy) is 3. The molecule has 5 aliphatic rings. The van der Waals surface area contributed by atoms with E-state index in [1.54, 1.807) is 50.3 Å². The molecule has 0 unspecified atom stereocenters. The van der Waals surface area contributed by atoms with E-state index in [1.807, 2.05) is 55.5 Å². The molecule has 5 aromatic carbocycles. The molecule has 5 aromatic rings. The molecular formula is C67H71N7O13Si. The highest BCUT2D eigenvalue weighted by atomic mass is 28.4. The first-order valence-electron chi connectivity index (χ1n) is 29.7. The molecule has 10 rings (SSSR count). The number of alkyl carbamates (subject to hydrolysis) is 2. The van der Waals surface area contributed by atoms with Gasteiger partial charge in [0.15, 0.2) is 37.2 Å². The van der Waals surface area contributed by atoms with E-state index in [0.29, 0.717) is 16.8 Å². The first-order chi connectivity index (χ1) is 42.3. The number of carbonyl (C=O) groups excluding carboxylic acids is 7. The number of aliphatic hydroxyl groups is 1. The van der Waals surface area contributed by atoms with Crippen molar-refractivity contribution in [2.24, 2.45) is 11.7 Å². The maximum atomic E-state index is 14.7. The lowest BCUT2D eigenvalue weighted by molar-refractivity contribution is -0.128. The molecule has 0 aromatic heterocycles. The lowest BCUT2D eigenvalue weighted by Gasteiger charge is -2.41. The predicted octanol–water partition coefficient (Wildman–Crippen LogP) is 8.14. The van der Waals surface area contributed by atoms with Crippen LogP contribution >= 0.6 is 0 Å². The predicted molar refractivity (Wildman–Crippen MR) is 330 cm³/mol. The first kappa shape index (κ1) is 61.8. The summed E-state index contributed by atoms with van der Waals surface area (Å²) in [6, 6.07) is 27.0. The SMILES string of the molecule is CC[Si](CC)(CC)O[C@H](C)[C@@]12O[C@]13c1cc(O)c4c(c1N[C@H]2C#C/C=C\C#C[C@H]3O)C(=O)c1ccc(CNC(=O)OCc2ccc(NC(=O)[C@H](CCCNC(N)=O)NC(=O)[C@@H](NC(=O)OCC3c5ccccc5-c5ccccc53)C(C)C)cc2)cc1C4=O. The summed E-state index contributed by atoms with van der Waals surface area (Å²) in [7, 11) is -2.27. The Morgan fingerprint density at radius 2 is 1.40 bits per heavy atom. The van der Waals surface area contributed by atoms with E-state index in [4.69, 9.17) is 24.4 Å². The largest absolute Gasteiger partial charge is 0.507 e. The lowest BCUT2D eigenvalue weighted by atomic mass is 9.69. The Kier molecular flexibility index (Phi) is 18.0. The van der Waals surface area contributed by atoms with Crippen molar-refractivity contribution in [3.8, 4) is 40.6 Å². The summed E-state index contributed by atoms with van der Waals surface area (Å²) in [5, 5.41) is 40.6. The second-order valence-corrected chi connectivity index (χ2v) is 27.7. The zero-order valence-electron chi connectivity index (χ0n) is 49.8. The van der Waals surface area contributed by atoms with Gasteiger partial charge in [-0.3, -0.25) is 19.2 Å². The molecule has 7 atom stereocenters. The van der Waals surface area contributed by atoms with Crippen molar-refractivity contribution in [1.29, 1.82) is 0 Å². The number of epoxide rings is 1. The topological polar surface area (TPSA) is 298 Å². The van der Waals surface area contributed by atoms with Gasteiger partial charge in [-0.1, -0.05) is 125 Å². The van der Waals surface area contributed by atoms with Gasteiger partial charge >= 0.3 is 18.2 Å². The maximum Gasteiger partial charge on any atom is 0.407 e. The molecule has 6 amide bonds. The van der Waals surface area contributed by atoms with Crippen LogP contribution in [0.15, 0.2) is 109 Å². The Morgan fingerprint density at radius 3 is 2.06 bits per heavy atom. The minimum absolute atomic E-state index is 0.00980. The summed E-state index contributed by atoms with van der Waals surface area (Å²) in [6.45, 7) is 11.6. The Bertz CT molecular complexity index is 3730. The van der Waals surface area contributed by atoms with Crippen LogP contribution in [0.25, 0.3) is 11.1 Å². The number of hydrogen-bond acceptors (Lipinski definition) is 14. The number of nitrogens with two attached hydrogens (primary N) is 1. The number of rotatable bonds is 22. The highest BCUT2D eigenvalue weighted by Crippen LogP contribution is 2.68. The monoisotopic (exact) mass is 1210 g/mol. The standard InChI is InChI=1S/C67H71N7O13Si/c1-7-88(8-2,9-3)86-39(6)66-53-24-12-10-11-13-25-54(76)67(66,87-66)50-34-52(75)55-56(58(50)73-53)59(77)47-31-28-41(33-48(47)60(55)78)35-70-64(82)84-36-40-26-29-42(30-27-40)71-61(79)51(23-18-32-69-63(68)81)72-62(80)57(38(4)5)74-65(83)85-37-49-45-21-16-14-19-43(45)44-20-15-17-22-46(44)49/h10-11,14-17,19-22,26-31,33-34,38-39,49,51,53-54,57,73,75-76H,7-9,18,23,32,35-37H2,1-6H3,(H,70,82)(H,71,79)(H,72,80)(H,74,83)(H3,68,69,81)/b11-10-/t39-,51+,53+,54-,57+,66+,67+/m1/s1. The highest BCUT2D eigenvalue weighted by Gasteiger charge is 2.83. The van der Waals surface area contributed by atoms with Crippen LogP contribution in [0.1, 0.15) is 120 Å². The van der Waals surface area contributed by atoms with Gasteiger partial charge in [-0.2, -0.15) is 0 Å². The Labute approximate surface area is 511 Å². The fourth-order valence-corrected chi connectivity index (χ4v) is 15.6. The lowest BCUT2D eigenvalue weighted by Crippen LogP contribution is -2.57. The zero-order chi connectivity index (χ0) is 62.7. The molecule has 1 saturated heterocycles. The molecule has 21 heteroatoms. The molecule has 456 valence electrons. The third-order valence-corrected chi connectivity index (χ3v) is 22.3. The number of hydrogen-bond donors (Lipinski definition) is 9. The molecule has 3 aliphatic carbocycles. The minimum atomic E-state index is -2.27. The molecule has 0 radical (unpaired) electrons. The molecular weight excluding hydrogens is 1140 g/mol. The number of benzene rings is 5. The molecule has 0 saturated carbocycles. The molecule has 2 aliphatic heterocycles. The molecule has 88 heavy (non-hydrogen) atoms. The van der Waals surface area contributed by atoms with Gasteiger partial charge in [0.05, 0.1) is 22.9 Å². The Morgan fingerprint density at radius 1 is 0.750 bits per heavy atom. The number of allylic oxidation sites excluding steroid dienone is 2. The molecule has 2 bridgehead atoms. The van der Waals surface area contributed by atoms with Gasteiger partial charge in [-0.15, -0.1) is 0 Å². The molecule has 20 nitrogen and oxygen atoms in total. The molecule has 2 heterocycles. The van der Waals surface area contributed by atoms with Crippen LogP contribution in [0.5, 0.6) is 5.75 Å². The number of phenols is 1. The van der Waals surface area contributed by atoms with Crippen LogP contribution in [0.4, 0.5) is 25.8 Å². The van der Waals surface area contributed by atoms with Gasteiger partial charge in [-0.25, -0.2) is 14.4 Å². The van der Waals surface area contributed by atoms with Crippen molar-refractivity contribution >= 4 is 61.3 Å². The number of ketones is 2. The molecule has 10 N–H and O–H groups in total. The number of carbonyl (C=O) groups is 7. The number of nitrogens with one attached hydrogen (secondary N) is 6. The van der Waals surface area contributed by atoms with Gasteiger partial charge in [0.1, 0.15) is 37.1 Å². The van der Waals surface area contributed by atoms with Crippen LogP contribution in [0.3, 0.4) is 0 Å². The summed E-state index contributed by atoms with van der Waals surface area (Å²) >= 11 is 0. The van der Waals surface area contributed by atoms with Crippen LogP contribution < -0.4 is 37.6 Å². The van der Waals surface area contributed by atoms with Crippen molar-refractivity contribution in [1.82, 2.24) is 21.3 Å². The number of amides is 6. The average molecular weight is 1210 g/mol. The average Bonchev–Trinajstić information content (AvgIpc) is 1.47. The zero-order valence-corrected chi connectivity index (χ0v) is 50.8. The first-order valence-corrected chi connectivity index (χ1v) is 32.2. The van der Waals surface area contributed by atoms with Crippen molar-refractivity contribution < 1.29 is 62.4 Å². The van der Waals surface area contributed by atoms with Gasteiger partial charge in [0.25, 0.3) is 0 Å². The van der Waals surface area contributed by atoms with Crippen molar-refractivity contribution in [3.63, 3.8) is 0 Å². The summed E-state index contributed by atoms with van der Waals surface area (Å²) in [6.07, 6.45) is -0.212. The number of anilines is 2. The summed E-state index contributed by atoms with van der Waals surface area (Å²) < 4.78 is 25.0. The van der Waals surface area contributed by atoms with Crippen LogP contribution in [0, 0.1) is 29.6 Å². The second kappa shape index (κ2) is 25.6. The maximum absolute atomic E-state index is 14.7. The van der Waals surface area contributed by atoms with Crippen LogP contribution in [-0.4, -0.2) is 109 Å². The summed E-state index contributed by atoms with van der Waals surface area (Å²) in [5.74, 6) is 8.46. The highest BCUT2D eigenvalue weighted by molar-refractivity contribution is 6.73. The quantitative estimate of drug-likeness (QED) is 0.0102. The van der Waals surface area contributed by atoms with E-state index >= 15 is 0 Å². The van der Waals surface area contributed by atoms with Crippen molar-refractivity contribution in [2.45, 2.75) is 133 Å². The van der Waals surface area contributed by atoms with E-state index < -0.39 is 103 Å². The van der Waals surface area contributed by atoms with E-state index in [0.717, 1.165) is 40.4 Å². The molecule has 0 spiro atoms. The smallest absolute Gasteiger partial charge is 0.407 e. The van der Waals surface area contributed by atoms with Crippen molar-refractivity contribution in [3.05, 3.63) is 159 Å². The van der Waals surface area contributed by atoms with E-state index in [-0.39, 0.29) is 78.6 Å². The van der Waals surface area contributed by atoms with E-state index in [1.165, 1.54) is 24.3 Å². The minimum Gasteiger partial charge on any atom is -0.507 e. The van der Waals surface area contributed by atoms with Crippen LogP contribution in [-0.2, 0) is 47.0 Å². The Hall–Kier alpha value is -9.25. The van der Waals surface area contributed by atoms with E-state index in [2.05, 4.69) is 76.4 Å². The van der Waals surface area contributed by atoms with Crippen molar-refractivity contribution in [2.75, 3.05) is 23.8 Å². The van der Waals surface area contributed by atoms with Gasteiger partial charge in [-0.05, 0) is 120 Å². The fourth-order valence-electron chi connectivity index (χ4n) is 12.7. The number of phenolic OH excluding ortho intramolecular Hbond substituents is 1. The summed E-state index contributed by atoms with van der Waals surface area (Å²) in [5.41, 5.74) is 8.14. The number of primary amides is 1. The van der Waals surface area contributed by atoms with E-state index in [9.17, 15) is 43.8 Å². The van der Waals surface area contributed by atoms with Gasteiger partial charge in [0.2, 0.25) is 11.8 Å². The van der Waals surface area contributed by atoms with Crippen LogP contribution in [0.2, 0.25) is 18.1 Å². The number of aliphatic hydroxyl groups excluding tert-OH is 1. The second-order valence-electron chi connectivity index (χ2n) is 22.9.